The normalized spacial score (nSPS) is 11.4. The molecule has 0 unspecified atom stereocenters. The number of rotatable bonds is 4. The van der Waals surface area contributed by atoms with Gasteiger partial charge in [0.05, 0.1) is 5.69 Å². The summed E-state index contributed by atoms with van der Waals surface area (Å²) in [7, 11) is 1.77. The lowest BCUT2D eigenvalue weighted by atomic mass is 10.2. The van der Waals surface area contributed by atoms with Gasteiger partial charge in [-0.3, -0.25) is 9.48 Å². The van der Waals surface area contributed by atoms with E-state index in [0.29, 0.717) is 17.6 Å². The second-order valence-corrected chi connectivity index (χ2v) is 4.74. The monoisotopic (exact) mass is 255 g/mol. The lowest BCUT2D eigenvalue weighted by molar-refractivity contribution is -0.116. The van der Waals surface area contributed by atoms with Gasteiger partial charge in [-0.15, -0.1) is 0 Å². The van der Waals surface area contributed by atoms with Crippen LogP contribution < -0.4 is 5.32 Å². The van der Waals surface area contributed by atoms with E-state index < -0.39 is 0 Å². The Hall–Kier alpha value is -1.29. The molecule has 1 aromatic rings. The number of nitrogens with one attached hydrogen (secondary N) is 1. The maximum Gasteiger partial charge on any atom is 0.244 e. The molecule has 1 rings (SSSR count). The van der Waals surface area contributed by atoms with Crippen LogP contribution in [0.5, 0.6) is 0 Å². The number of carbonyl (C=O) groups is 1. The van der Waals surface area contributed by atoms with Crippen molar-refractivity contribution in [1.82, 2.24) is 15.1 Å². The van der Waals surface area contributed by atoms with Gasteiger partial charge in [-0.1, -0.05) is 25.4 Å². The van der Waals surface area contributed by atoms with Gasteiger partial charge in [-0.2, -0.15) is 5.10 Å². The zero-order valence-corrected chi connectivity index (χ0v) is 11.4. The predicted octanol–water partition coefficient (Wildman–Crippen LogP) is 2.17. The third kappa shape index (κ3) is 3.89. The maximum absolute atomic E-state index is 11.5. The van der Waals surface area contributed by atoms with Gasteiger partial charge in [0, 0.05) is 25.2 Å². The molecule has 1 N–H and O–H groups in total. The number of hydrogen-bond acceptors (Lipinski definition) is 2. The highest BCUT2D eigenvalue weighted by atomic mass is 35.5. The molecule has 0 aliphatic rings. The Morgan fingerprint density at radius 1 is 1.59 bits per heavy atom. The summed E-state index contributed by atoms with van der Waals surface area (Å²) in [6.07, 6.45) is 3.18. The predicted molar refractivity (Wildman–Crippen MR) is 69.8 cm³/mol. The van der Waals surface area contributed by atoms with Crippen LogP contribution in [0.25, 0.3) is 6.08 Å². The lowest BCUT2D eigenvalue weighted by Crippen LogP contribution is -2.25. The molecule has 0 aliphatic heterocycles. The van der Waals surface area contributed by atoms with Gasteiger partial charge in [0.15, 0.2) is 0 Å². The van der Waals surface area contributed by atoms with Crippen LogP contribution in [-0.4, -0.2) is 22.2 Å². The Labute approximate surface area is 107 Å². The summed E-state index contributed by atoms with van der Waals surface area (Å²) in [5.74, 6) is 0.328. The van der Waals surface area contributed by atoms with E-state index in [4.69, 9.17) is 11.6 Å². The van der Waals surface area contributed by atoms with Crippen LogP contribution in [0.4, 0.5) is 0 Å². The first-order valence-electron chi connectivity index (χ1n) is 5.56. The minimum Gasteiger partial charge on any atom is -0.352 e. The molecule has 0 atom stereocenters. The molecule has 0 spiro atoms. The molecule has 0 aliphatic carbocycles. The van der Waals surface area contributed by atoms with Crippen molar-refractivity contribution < 1.29 is 4.79 Å². The lowest BCUT2D eigenvalue weighted by Gasteiger charge is -2.04. The standard InChI is InChI=1S/C12H18ClN3O/c1-8(2)7-14-11(17)6-5-10-9(3)15-16(4)12(10)13/h5-6,8H,7H2,1-4H3,(H,14,17)/b6-5+. The van der Waals surface area contributed by atoms with Gasteiger partial charge in [0.1, 0.15) is 5.15 Å². The van der Waals surface area contributed by atoms with Gasteiger partial charge in [-0.25, -0.2) is 0 Å². The fraction of sp³-hybridized carbons (Fsp3) is 0.500. The molecule has 0 radical (unpaired) electrons. The van der Waals surface area contributed by atoms with Crippen LogP contribution in [0.1, 0.15) is 25.1 Å². The number of aryl methyl sites for hydroxylation is 2. The van der Waals surface area contributed by atoms with Crippen molar-refractivity contribution in [1.29, 1.82) is 0 Å². The second-order valence-electron chi connectivity index (χ2n) is 4.39. The Balaban J connectivity index is 2.67. The van der Waals surface area contributed by atoms with Crippen LogP contribution >= 0.6 is 11.6 Å². The van der Waals surface area contributed by atoms with Crippen molar-refractivity contribution in [2.45, 2.75) is 20.8 Å². The van der Waals surface area contributed by atoms with E-state index in [0.717, 1.165) is 11.3 Å². The molecule has 1 amide bonds. The van der Waals surface area contributed by atoms with Crippen LogP contribution in [-0.2, 0) is 11.8 Å². The first-order valence-corrected chi connectivity index (χ1v) is 5.94. The zero-order chi connectivity index (χ0) is 13.0. The minimum absolute atomic E-state index is 0.113. The van der Waals surface area contributed by atoms with Crippen molar-refractivity contribution in [2.24, 2.45) is 13.0 Å². The summed E-state index contributed by atoms with van der Waals surface area (Å²) in [4.78, 5) is 11.5. The molecule has 0 saturated heterocycles. The summed E-state index contributed by atoms with van der Waals surface area (Å²) in [6, 6.07) is 0. The quantitative estimate of drug-likeness (QED) is 0.839. The van der Waals surface area contributed by atoms with Gasteiger partial charge < -0.3 is 5.32 Å². The third-order valence-corrected chi connectivity index (χ3v) is 2.73. The summed E-state index contributed by atoms with van der Waals surface area (Å²) in [6.45, 7) is 6.62. The fourth-order valence-corrected chi connectivity index (χ4v) is 1.60. The molecule has 0 saturated carbocycles. The summed E-state index contributed by atoms with van der Waals surface area (Å²) in [5.41, 5.74) is 1.60. The number of halogens is 1. The van der Waals surface area contributed by atoms with Gasteiger partial charge in [-0.05, 0) is 18.9 Å². The van der Waals surface area contributed by atoms with Crippen molar-refractivity contribution >= 4 is 23.6 Å². The van der Waals surface area contributed by atoms with Gasteiger partial charge in [0.25, 0.3) is 0 Å². The average Bonchev–Trinajstić information content (AvgIpc) is 2.48. The van der Waals surface area contributed by atoms with Crippen LogP contribution in [0.15, 0.2) is 6.08 Å². The molecule has 0 fully saturated rings. The van der Waals surface area contributed by atoms with Crippen LogP contribution in [0, 0.1) is 12.8 Å². The van der Waals surface area contributed by atoms with Crippen molar-refractivity contribution in [3.8, 4) is 0 Å². The third-order valence-electron chi connectivity index (χ3n) is 2.28. The Kier molecular flexibility index (Phi) is 4.75. The first-order chi connectivity index (χ1) is 7.91. The topological polar surface area (TPSA) is 46.9 Å². The van der Waals surface area contributed by atoms with Crippen LogP contribution in [0.2, 0.25) is 5.15 Å². The average molecular weight is 256 g/mol. The van der Waals surface area contributed by atoms with E-state index in [1.807, 2.05) is 20.8 Å². The number of carbonyl (C=O) groups excluding carboxylic acids is 1. The van der Waals surface area contributed by atoms with E-state index in [2.05, 4.69) is 10.4 Å². The van der Waals surface area contributed by atoms with E-state index in [-0.39, 0.29) is 5.91 Å². The molecular weight excluding hydrogens is 238 g/mol. The maximum atomic E-state index is 11.5. The smallest absolute Gasteiger partial charge is 0.244 e. The minimum atomic E-state index is -0.113. The highest BCUT2D eigenvalue weighted by Gasteiger charge is 2.08. The van der Waals surface area contributed by atoms with Crippen LogP contribution in [0.3, 0.4) is 0 Å². The molecule has 1 heterocycles. The van der Waals surface area contributed by atoms with Gasteiger partial charge in [0.2, 0.25) is 5.91 Å². The highest BCUT2D eigenvalue weighted by molar-refractivity contribution is 6.31. The number of hydrogen-bond donors (Lipinski definition) is 1. The second kappa shape index (κ2) is 5.87. The molecule has 0 aromatic carbocycles. The van der Waals surface area contributed by atoms with Crippen molar-refractivity contribution in [2.75, 3.05) is 6.54 Å². The largest absolute Gasteiger partial charge is 0.352 e. The Morgan fingerprint density at radius 2 is 2.24 bits per heavy atom. The molecule has 4 nitrogen and oxygen atoms in total. The molecule has 94 valence electrons. The number of amides is 1. The zero-order valence-electron chi connectivity index (χ0n) is 10.6. The first kappa shape index (κ1) is 13.8. The number of aromatic nitrogens is 2. The highest BCUT2D eigenvalue weighted by Crippen LogP contribution is 2.19. The molecule has 17 heavy (non-hydrogen) atoms. The fourth-order valence-electron chi connectivity index (χ4n) is 1.36. The summed E-state index contributed by atoms with van der Waals surface area (Å²) >= 11 is 6.04. The SMILES string of the molecule is Cc1nn(C)c(Cl)c1/C=C/C(=O)NCC(C)C. The van der Waals surface area contributed by atoms with Gasteiger partial charge >= 0.3 is 0 Å². The van der Waals surface area contributed by atoms with E-state index in [1.165, 1.54) is 6.08 Å². The van der Waals surface area contributed by atoms with Crippen molar-refractivity contribution in [3.05, 3.63) is 22.5 Å². The summed E-state index contributed by atoms with van der Waals surface area (Å²) < 4.78 is 1.59. The van der Waals surface area contributed by atoms with E-state index in [9.17, 15) is 4.79 Å². The molecule has 1 aromatic heterocycles. The van der Waals surface area contributed by atoms with Crippen molar-refractivity contribution in [3.63, 3.8) is 0 Å². The Morgan fingerprint density at radius 3 is 2.71 bits per heavy atom. The van der Waals surface area contributed by atoms with E-state index >= 15 is 0 Å². The molecule has 0 bridgehead atoms. The molecular formula is C12H18ClN3O. The Bertz CT molecular complexity index is 435. The number of nitrogens with zero attached hydrogens (tertiary/aromatic N) is 2. The molecule has 5 heteroatoms. The summed E-state index contributed by atoms with van der Waals surface area (Å²) in [5, 5.41) is 7.50. The van der Waals surface area contributed by atoms with E-state index in [1.54, 1.807) is 17.8 Å².